The van der Waals surface area contributed by atoms with Crippen molar-refractivity contribution in [3.8, 4) is 0 Å². The first kappa shape index (κ1) is 6.72. The Morgan fingerprint density at radius 3 is 2.77 bits per heavy atom. The lowest BCUT2D eigenvalue weighted by molar-refractivity contribution is 1.54. The molecule has 3 rings (SSSR count). The molecule has 61 valence electrons. The van der Waals surface area contributed by atoms with E-state index in [-0.39, 0.29) is 0 Å². The number of aromatic nitrogens is 1. The van der Waals surface area contributed by atoms with E-state index in [9.17, 15) is 0 Å². The molecule has 1 radical (unpaired) electrons. The van der Waals surface area contributed by atoms with Crippen LogP contribution in [0.1, 0.15) is 0 Å². The predicted molar refractivity (Wildman–Crippen MR) is 54.6 cm³/mol. The van der Waals surface area contributed by atoms with Gasteiger partial charge in [0.1, 0.15) is 0 Å². The molecule has 1 heteroatoms. The molecule has 0 saturated heterocycles. The van der Waals surface area contributed by atoms with E-state index in [1.807, 2.05) is 18.2 Å². The molecule has 0 spiro atoms. The van der Waals surface area contributed by atoms with Crippen LogP contribution >= 0.6 is 0 Å². The maximum absolute atomic E-state index is 3.35. The van der Waals surface area contributed by atoms with Crippen LogP contribution in [0.2, 0.25) is 0 Å². The summed E-state index contributed by atoms with van der Waals surface area (Å²) >= 11 is 0. The van der Waals surface area contributed by atoms with Gasteiger partial charge in [0, 0.05) is 21.8 Å². The standard InChI is InChI=1S/C12H8N/c1-3-7-11-9(5-1)10-6-2-4-8-12(10)13-11/h1-3,5-8,13H. The molecule has 1 aromatic heterocycles. The Morgan fingerprint density at radius 1 is 0.923 bits per heavy atom. The number of rotatable bonds is 0. The minimum Gasteiger partial charge on any atom is -0.354 e. The molecule has 0 atom stereocenters. The van der Waals surface area contributed by atoms with Crippen molar-refractivity contribution in [2.45, 2.75) is 0 Å². The highest BCUT2D eigenvalue weighted by Gasteiger charge is 2.00. The SMILES string of the molecule is [c]1ccc2c(c1)[nH]c1ccccc12. The summed E-state index contributed by atoms with van der Waals surface area (Å²) in [5.41, 5.74) is 2.35. The zero-order valence-electron chi connectivity index (χ0n) is 7.04. The summed E-state index contributed by atoms with van der Waals surface area (Å²) in [6, 6.07) is 17.4. The molecular formula is C12H8N. The minimum absolute atomic E-state index is 1.16. The maximum atomic E-state index is 3.35. The molecule has 0 aliphatic rings. The van der Waals surface area contributed by atoms with Crippen LogP contribution in [0.5, 0.6) is 0 Å². The van der Waals surface area contributed by atoms with Gasteiger partial charge in [-0.2, -0.15) is 0 Å². The monoisotopic (exact) mass is 166 g/mol. The van der Waals surface area contributed by atoms with Crippen molar-refractivity contribution in [3.63, 3.8) is 0 Å². The van der Waals surface area contributed by atoms with Gasteiger partial charge in [0.25, 0.3) is 0 Å². The third-order valence-corrected chi connectivity index (χ3v) is 2.35. The number of benzene rings is 2. The summed E-state index contributed by atoms with van der Waals surface area (Å²) in [6.45, 7) is 0. The Kier molecular flexibility index (Phi) is 1.22. The quantitative estimate of drug-likeness (QED) is 0.528. The normalized spacial score (nSPS) is 11.1. The molecule has 2 aromatic carbocycles. The average Bonchev–Trinajstić information content (AvgIpc) is 2.56. The fraction of sp³-hybridized carbons (Fsp3) is 0. The summed E-state index contributed by atoms with van der Waals surface area (Å²) in [5.74, 6) is 0. The van der Waals surface area contributed by atoms with Gasteiger partial charge in [-0.05, 0) is 18.2 Å². The predicted octanol–water partition coefficient (Wildman–Crippen LogP) is 3.12. The van der Waals surface area contributed by atoms with Crippen molar-refractivity contribution in [1.82, 2.24) is 4.98 Å². The number of fused-ring (bicyclic) bond motifs is 3. The molecule has 0 saturated carbocycles. The van der Waals surface area contributed by atoms with Gasteiger partial charge < -0.3 is 4.98 Å². The fourth-order valence-electron chi connectivity index (χ4n) is 1.74. The third kappa shape index (κ3) is 0.872. The zero-order chi connectivity index (χ0) is 8.67. The topological polar surface area (TPSA) is 15.8 Å². The second-order valence-electron chi connectivity index (χ2n) is 3.14. The third-order valence-electron chi connectivity index (χ3n) is 2.35. The van der Waals surface area contributed by atoms with E-state index < -0.39 is 0 Å². The van der Waals surface area contributed by atoms with Crippen LogP contribution in [-0.2, 0) is 0 Å². The van der Waals surface area contributed by atoms with Gasteiger partial charge in [0.15, 0.2) is 0 Å². The Bertz CT molecular complexity index is 513. The van der Waals surface area contributed by atoms with Gasteiger partial charge in [0.2, 0.25) is 0 Å². The molecular weight excluding hydrogens is 158 g/mol. The number of hydrogen-bond acceptors (Lipinski definition) is 0. The van der Waals surface area contributed by atoms with Gasteiger partial charge in [0.05, 0.1) is 0 Å². The number of aromatic amines is 1. The lowest BCUT2D eigenvalue weighted by atomic mass is 10.2. The van der Waals surface area contributed by atoms with Crippen LogP contribution in [0.25, 0.3) is 21.8 Å². The van der Waals surface area contributed by atoms with E-state index in [1.54, 1.807) is 0 Å². The van der Waals surface area contributed by atoms with Crippen molar-refractivity contribution >= 4 is 21.8 Å². The molecule has 13 heavy (non-hydrogen) atoms. The van der Waals surface area contributed by atoms with Crippen LogP contribution in [0.4, 0.5) is 0 Å². The zero-order valence-corrected chi connectivity index (χ0v) is 7.04. The first-order chi connectivity index (χ1) is 6.45. The van der Waals surface area contributed by atoms with Crippen LogP contribution in [0.3, 0.4) is 0 Å². The summed E-state index contributed by atoms with van der Waals surface area (Å²) in [6.07, 6.45) is 0. The lowest BCUT2D eigenvalue weighted by Crippen LogP contribution is -1.63. The van der Waals surface area contributed by atoms with E-state index in [1.165, 1.54) is 16.3 Å². The Hall–Kier alpha value is -1.76. The molecule has 1 heterocycles. The van der Waals surface area contributed by atoms with Crippen molar-refractivity contribution in [2.24, 2.45) is 0 Å². The highest BCUT2D eigenvalue weighted by atomic mass is 14.7. The van der Waals surface area contributed by atoms with Crippen LogP contribution < -0.4 is 0 Å². The lowest BCUT2D eigenvalue weighted by Gasteiger charge is -1.87. The van der Waals surface area contributed by atoms with Gasteiger partial charge in [-0.15, -0.1) is 0 Å². The smallest absolute Gasteiger partial charge is 0.0471 e. The Labute approximate surface area is 76.0 Å². The Balaban J connectivity index is 2.64. The van der Waals surface area contributed by atoms with Crippen molar-refractivity contribution in [2.75, 3.05) is 0 Å². The van der Waals surface area contributed by atoms with Gasteiger partial charge in [-0.3, -0.25) is 0 Å². The van der Waals surface area contributed by atoms with Crippen LogP contribution in [0.15, 0.2) is 42.5 Å². The van der Waals surface area contributed by atoms with Gasteiger partial charge in [-0.25, -0.2) is 0 Å². The maximum Gasteiger partial charge on any atom is 0.0471 e. The second kappa shape index (κ2) is 2.36. The summed E-state index contributed by atoms with van der Waals surface area (Å²) in [4.78, 5) is 3.35. The molecule has 1 N–H and O–H groups in total. The molecule has 0 unspecified atom stereocenters. The summed E-state index contributed by atoms with van der Waals surface area (Å²) < 4.78 is 0. The van der Waals surface area contributed by atoms with E-state index >= 15 is 0 Å². The number of H-pyrrole nitrogens is 1. The van der Waals surface area contributed by atoms with Crippen LogP contribution in [0, 0.1) is 6.07 Å². The first-order valence-electron chi connectivity index (χ1n) is 4.32. The van der Waals surface area contributed by atoms with Crippen molar-refractivity contribution in [3.05, 3.63) is 48.5 Å². The molecule has 3 aromatic rings. The molecule has 0 fully saturated rings. The first-order valence-corrected chi connectivity index (χ1v) is 4.32. The largest absolute Gasteiger partial charge is 0.354 e. The molecule has 0 amide bonds. The second-order valence-corrected chi connectivity index (χ2v) is 3.14. The highest BCUT2D eigenvalue weighted by Crippen LogP contribution is 2.23. The fourth-order valence-corrected chi connectivity index (χ4v) is 1.74. The summed E-state index contributed by atoms with van der Waals surface area (Å²) in [5, 5.41) is 2.56. The van der Waals surface area contributed by atoms with E-state index in [2.05, 4.69) is 35.3 Å². The van der Waals surface area contributed by atoms with Crippen molar-refractivity contribution < 1.29 is 0 Å². The molecule has 0 aliphatic carbocycles. The number of nitrogens with one attached hydrogen (secondary N) is 1. The van der Waals surface area contributed by atoms with Crippen molar-refractivity contribution in [1.29, 1.82) is 0 Å². The summed E-state index contributed by atoms with van der Waals surface area (Å²) in [7, 11) is 0. The Morgan fingerprint density at radius 2 is 1.77 bits per heavy atom. The molecule has 0 bridgehead atoms. The minimum atomic E-state index is 1.16. The number of hydrogen-bond donors (Lipinski definition) is 1. The highest BCUT2D eigenvalue weighted by molar-refractivity contribution is 6.06. The van der Waals surface area contributed by atoms with Crippen LogP contribution in [-0.4, -0.2) is 4.98 Å². The van der Waals surface area contributed by atoms with E-state index in [0.29, 0.717) is 0 Å². The van der Waals surface area contributed by atoms with E-state index in [0.717, 1.165) is 5.52 Å². The number of para-hydroxylation sites is 1. The molecule has 1 nitrogen and oxygen atoms in total. The molecule has 0 aliphatic heterocycles. The van der Waals surface area contributed by atoms with Gasteiger partial charge >= 0.3 is 0 Å². The van der Waals surface area contributed by atoms with E-state index in [4.69, 9.17) is 0 Å². The van der Waals surface area contributed by atoms with Gasteiger partial charge in [-0.1, -0.05) is 30.3 Å². The average molecular weight is 166 g/mol.